The summed E-state index contributed by atoms with van der Waals surface area (Å²) in [7, 11) is 4.43. The lowest BCUT2D eigenvalue weighted by atomic mass is 9.93. The van der Waals surface area contributed by atoms with Crippen molar-refractivity contribution in [2.75, 3.05) is 59.9 Å². The van der Waals surface area contributed by atoms with Crippen LogP contribution in [0.2, 0.25) is 0 Å². The van der Waals surface area contributed by atoms with Crippen LogP contribution in [-0.4, -0.2) is 86.6 Å². The van der Waals surface area contributed by atoms with Crippen molar-refractivity contribution in [3.05, 3.63) is 0 Å². The van der Waals surface area contributed by atoms with Gasteiger partial charge in [-0.05, 0) is 32.9 Å². The van der Waals surface area contributed by atoms with E-state index in [2.05, 4.69) is 54.9 Å². The number of guanidine groups is 1. The summed E-state index contributed by atoms with van der Waals surface area (Å²) in [6, 6.07) is 0.535. The van der Waals surface area contributed by atoms with E-state index < -0.39 is 0 Å². The van der Waals surface area contributed by atoms with E-state index in [0.29, 0.717) is 11.5 Å². The van der Waals surface area contributed by atoms with Gasteiger partial charge < -0.3 is 15.1 Å². The highest BCUT2D eigenvalue weighted by Gasteiger charge is 2.31. The van der Waals surface area contributed by atoms with Crippen LogP contribution >= 0.6 is 24.0 Å². The van der Waals surface area contributed by atoms with E-state index >= 15 is 0 Å². The molecule has 130 valence electrons. The Kier molecular flexibility index (Phi) is 7.88. The second-order valence-electron chi connectivity index (χ2n) is 7.43. The molecule has 22 heavy (non-hydrogen) atoms. The smallest absolute Gasteiger partial charge is 0.193 e. The highest BCUT2D eigenvalue weighted by molar-refractivity contribution is 14.0. The Hall–Kier alpha value is -0.0800. The number of halogens is 1. The summed E-state index contributed by atoms with van der Waals surface area (Å²) in [6.45, 7) is 14.3. The maximum Gasteiger partial charge on any atom is 0.193 e. The van der Waals surface area contributed by atoms with Gasteiger partial charge in [0.2, 0.25) is 0 Å². The molecule has 0 aromatic carbocycles. The van der Waals surface area contributed by atoms with Crippen LogP contribution in [0, 0.1) is 5.41 Å². The largest absolute Gasteiger partial charge is 0.357 e. The zero-order valence-electron chi connectivity index (χ0n) is 14.9. The van der Waals surface area contributed by atoms with Crippen molar-refractivity contribution >= 4 is 29.9 Å². The molecule has 2 aliphatic rings. The minimum Gasteiger partial charge on any atom is -0.357 e. The molecule has 5 nitrogen and oxygen atoms in total. The number of rotatable bonds is 3. The monoisotopic (exact) mass is 423 g/mol. The molecule has 6 heteroatoms. The fraction of sp³-hybridized carbons (Fsp3) is 0.938. The van der Waals surface area contributed by atoms with Crippen LogP contribution in [0.15, 0.2) is 4.99 Å². The first kappa shape index (κ1) is 20.0. The van der Waals surface area contributed by atoms with Crippen molar-refractivity contribution in [2.45, 2.75) is 33.2 Å². The Bertz CT molecular complexity index is 372. The molecule has 2 saturated heterocycles. The fourth-order valence-electron chi connectivity index (χ4n) is 3.21. The third-order valence-corrected chi connectivity index (χ3v) is 4.74. The second-order valence-corrected chi connectivity index (χ2v) is 7.43. The summed E-state index contributed by atoms with van der Waals surface area (Å²) in [6.07, 6.45) is 1.25. The molecule has 1 atom stereocenters. The molecule has 2 rings (SSSR count). The lowest BCUT2D eigenvalue weighted by molar-refractivity contribution is 0.119. The van der Waals surface area contributed by atoms with Crippen LogP contribution < -0.4 is 5.32 Å². The lowest BCUT2D eigenvalue weighted by Gasteiger charge is -2.37. The van der Waals surface area contributed by atoms with Crippen LogP contribution in [0.3, 0.4) is 0 Å². The van der Waals surface area contributed by atoms with Crippen LogP contribution in [0.4, 0.5) is 0 Å². The summed E-state index contributed by atoms with van der Waals surface area (Å²) < 4.78 is 0. The number of likely N-dealkylation sites (tertiary alicyclic amines) is 1. The first-order valence-electron chi connectivity index (χ1n) is 8.33. The third-order valence-electron chi connectivity index (χ3n) is 4.74. The molecule has 2 aliphatic heterocycles. The average Bonchev–Trinajstić information content (AvgIpc) is 2.78. The summed E-state index contributed by atoms with van der Waals surface area (Å²) in [5, 5.41) is 3.47. The first-order chi connectivity index (χ1) is 9.91. The molecule has 1 unspecified atom stereocenters. The van der Waals surface area contributed by atoms with Gasteiger partial charge in [0.25, 0.3) is 0 Å². The van der Waals surface area contributed by atoms with Crippen LogP contribution in [0.5, 0.6) is 0 Å². The molecule has 2 heterocycles. The van der Waals surface area contributed by atoms with Gasteiger partial charge in [0.05, 0.1) is 6.54 Å². The summed E-state index contributed by atoms with van der Waals surface area (Å²) in [5.41, 5.74) is 0.415. The van der Waals surface area contributed by atoms with Crippen LogP contribution in [0.1, 0.15) is 27.2 Å². The van der Waals surface area contributed by atoms with Gasteiger partial charge in [-0.1, -0.05) is 13.8 Å². The molecule has 0 bridgehead atoms. The second kappa shape index (κ2) is 8.68. The molecular formula is C16H34IN5. The highest BCUT2D eigenvalue weighted by atomic mass is 127. The third kappa shape index (κ3) is 5.53. The Labute approximate surface area is 153 Å². The van der Waals surface area contributed by atoms with Crippen molar-refractivity contribution in [1.82, 2.24) is 20.0 Å². The van der Waals surface area contributed by atoms with Gasteiger partial charge in [-0.3, -0.25) is 9.89 Å². The fourth-order valence-corrected chi connectivity index (χ4v) is 3.21. The quantitative estimate of drug-likeness (QED) is 0.425. The van der Waals surface area contributed by atoms with E-state index in [9.17, 15) is 0 Å². The Balaban J connectivity index is 0.00000242. The molecule has 2 fully saturated rings. The standard InChI is InChI=1S/C16H33N5.HI/c1-6-17-15(21-8-7-16(2,3)13-21)18-11-14-12-19(4)9-10-20(14)5;/h14H,6-13H2,1-5H3,(H,17,18);1H. The minimum atomic E-state index is 0. The molecular weight excluding hydrogens is 389 g/mol. The van der Waals surface area contributed by atoms with Crippen molar-refractivity contribution < 1.29 is 0 Å². The minimum absolute atomic E-state index is 0. The summed E-state index contributed by atoms with van der Waals surface area (Å²) in [5.74, 6) is 1.10. The Morgan fingerprint density at radius 1 is 1.23 bits per heavy atom. The maximum absolute atomic E-state index is 4.93. The number of aliphatic imine (C=N–C) groups is 1. The number of likely N-dealkylation sites (N-methyl/N-ethyl adjacent to an activating group) is 2. The zero-order valence-corrected chi connectivity index (χ0v) is 17.3. The molecule has 0 spiro atoms. The van der Waals surface area contributed by atoms with Gasteiger partial charge >= 0.3 is 0 Å². The molecule has 0 aromatic heterocycles. The normalized spacial score (nSPS) is 26.9. The van der Waals surface area contributed by atoms with Crippen molar-refractivity contribution in [1.29, 1.82) is 0 Å². The number of nitrogens with zero attached hydrogens (tertiary/aromatic N) is 4. The van der Waals surface area contributed by atoms with E-state index in [4.69, 9.17) is 4.99 Å². The van der Waals surface area contributed by atoms with E-state index in [0.717, 1.165) is 51.8 Å². The predicted molar refractivity (Wildman–Crippen MR) is 105 cm³/mol. The number of hydrogen-bond acceptors (Lipinski definition) is 3. The predicted octanol–water partition coefficient (Wildman–Crippen LogP) is 1.55. The van der Waals surface area contributed by atoms with E-state index in [-0.39, 0.29) is 24.0 Å². The van der Waals surface area contributed by atoms with E-state index in [1.165, 1.54) is 6.42 Å². The number of piperazine rings is 1. The van der Waals surface area contributed by atoms with Crippen molar-refractivity contribution in [3.8, 4) is 0 Å². The van der Waals surface area contributed by atoms with Gasteiger partial charge in [-0.2, -0.15) is 0 Å². The number of nitrogens with one attached hydrogen (secondary N) is 1. The lowest BCUT2D eigenvalue weighted by Crippen LogP contribution is -2.51. The average molecular weight is 423 g/mol. The Morgan fingerprint density at radius 2 is 1.95 bits per heavy atom. The van der Waals surface area contributed by atoms with Crippen molar-refractivity contribution in [3.63, 3.8) is 0 Å². The van der Waals surface area contributed by atoms with Gasteiger partial charge in [-0.25, -0.2) is 0 Å². The SMILES string of the molecule is CCNC(=NCC1CN(C)CCN1C)N1CCC(C)(C)C1.I. The van der Waals surface area contributed by atoms with Crippen molar-refractivity contribution in [2.24, 2.45) is 10.4 Å². The first-order valence-corrected chi connectivity index (χ1v) is 8.33. The van der Waals surface area contributed by atoms with Gasteiger partial charge in [0.1, 0.15) is 0 Å². The van der Waals surface area contributed by atoms with Crippen LogP contribution in [-0.2, 0) is 0 Å². The topological polar surface area (TPSA) is 34.1 Å². The molecule has 0 aliphatic carbocycles. The summed E-state index contributed by atoms with van der Waals surface area (Å²) in [4.78, 5) is 12.2. The van der Waals surface area contributed by atoms with Crippen LogP contribution in [0.25, 0.3) is 0 Å². The molecule has 0 amide bonds. The molecule has 1 N–H and O–H groups in total. The van der Waals surface area contributed by atoms with Gasteiger partial charge in [0, 0.05) is 45.3 Å². The van der Waals surface area contributed by atoms with Gasteiger partial charge in [0.15, 0.2) is 5.96 Å². The maximum atomic E-state index is 4.93. The Morgan fingerprint density at radius 3 is 2.55 bits per heavy atom. The van der Waals surface area contributed by atoms with E-state index in [1.807, 2.05) is 0 Å². The summed E-state index contributed by atoms with van der Waals surface area (Å²) >= 11 is 0. The number of hydrogen-bond donors (Lipinski definition) is 1. The highest BCUT2D eigenvalue weighted by Crippen LogP contribution is 2.28. The molecule has 0 aromatic rings. The van der Waals surface area contributed by atoms with E-state index in [1.54, 1.807) is 0 Å². The molecule has 0 saturated carbocycles. The molecule has 0 radical (unpaired) electrons. The zero-order chi connectivity index (χ0) is 15.5. The van der Waals surface area contributed by atoms with Gasteiger partial charge in [-0.15, -0.1) is 24.0 Å².